The minimum Gasteiger partial charge on any atom is -0.366 e. The Morgan fingerprint density at radius 1 is 0.943 bits per heavy atom. The van der Waals surface area contributed by atoms with Gasteiger partial charge in [-0.3, -0.25) is 0 Å². The highest BCUT2D eigenvalue weighted by molar-refractivity contribution is 9.10. The van der Waals surface area contributed by atoms with Crippen LogP contribution in [0.1, 0.15) is 16.7 Å². The molecule has 35 heavy (non-hydrogen) atoms. The number of aryl methyl sites for hydroxylation is 1. The lowest BCUT2D eigenvalue weighted by Crippen LogP contribution is -2.07. The SMILES string of the molecule is C=C(Cc1ccccc1)Nc1cccc(CNc2cc(-c3ccccc3C)nc3c(Br)cnn23)c1. The van der Waals surface area contributed by atoms with Gasteiger partial charge in [0.15, 0.2) is 5.65 Å². The number of nitrogens with one attached hydrogen (secondary N) is 2. The number of rotatable bonds is 8. The van der Waals surface area contributed by atoms with E-state index in [0.717, 1.165) is 50.6 Å². The van der Waals surface area contributed by atoms with Crippen LogP contribution in [0.2, 0.25) is 0 Å². The molecule has 0 bridgehead atoms. The second-order valence-corrected chi connectivity index (χ2v) is 9.37. The molecule has 0 aliphatic rings. The standard InChI is InChI=1S/C29H26BrN5/c1-20-9-6-7-14-25(20)27-17-28(35-29(34-27)26(30)19-32-35)31-18-23-12-8-13-24(16-23)33-21(2)15-22-10-4-3-5-11-22/h3-14,16-17,19,31,33H,2,15,18H2,1H3. The van der Waals surface area contributed by atoms with Crippen molar-refractivity contribution >= 4 is 33.1 Å². The molecule has 0 fully saturated rings. The maximum Gasteiger partial charge on any atom is 0.172 e. The fourth-order valence-corrected chi connectivity index (χ4v) is 4.45. The number of nitrogens with zero attached hydrogens (tertiary/aromatic N) is 3. The van der Waals surface area contributed by atoms with Crippen molar-refractivity contribution in [2.45, 2.75) is 19.9 Å². The van der Waals surface area contributed by atoms with E-state index in [-0.39, 0.29) is 0 Å². The van der Waals surface area contributed by atoms with Crippen molar-refractivity contribution in [3.63, 3.8) is 0 Å². The summed E-state index contributed by atoms with van der Waals surface area (Å²) in [5, 5.41) is 11.5. The van der Waals surface area contributed by atoms with E-state index in [0.29, 0.717) is 6.54 Å². The quantitative estimate of drug-likeness (QED) is 0.225. The average molecular weight is 524 g/mol. The van der Waals surface area contributed by atoms with Gasteiger partial charge in [-0.25, -0.2) is 4.98 Å². The largest absolute Gasteiger partial charge is 0.366 e. The molecule has 0 radical (unpaired) electrons. The Morgan fingerprint density at radius 3 is 2.54 bits per heavy atom. The highest BCUT2D eigenvalue weighted by Crippen LogP contribution is 2.28. The number of aromatic nitrogens is 3. The van der Waals surface area contributed by atoms with Gasteiger partial charge in [0.1, 0.15) is 5.82 Å². The smallest absolute Gasteiger partial charge is 0.172 e. The summed E-state index contributed by atoms with van der Waals surface area (Å²) in [6.45, 7) is 6.95. The summed E-state index contributed by atoms with van der Waals surface area (Å²) in [6, 6.07) is 29.1. The highest BCUT2D eigenvalue weighted by Gasteiger charge is 2.13. The van der Waals surface area contributed by atoms with Gasteiger partial charge >= 0.3 is 0 Å². The van der Waals surface area contributed by atoms with E-state index in [4.69, 9.17) is 4.98 Å². The number of hydrogen-bond donors (Lipinski definition) is 2. The van der Waals surface area contributed by atoms with Crippen molar-refractivity contribution in [2.75, 3.05) is 10.6 Å². The Labute approximate surface area is 213 Å². The van der Waals surface area contributed by atoms with E-state index >= 15 is 0 Å². The average Bonchev–Trinajstić information content (AvgIpc) is 3.24. The number of hydrogen-bond acceptors (Lipinski definition) is 4. The molecule has 2 heterocycles. The van der Waals surface area contributed by atoms with Gasteiger partial charge in [0.05, 0.1) is 16.4 Å². The summed E-state index contributed by atoms with van der Waals surface area (Å²) in [5.41, 5.74) is 8.34. The first-order valence-electron chi connectivity index (χ1n) is 11.5. The Morgan fingerprint density at radius 2 is 1.71 bits per heavy atom. The zero-order valence-corrected chi connectivity index (χ0v) is 21.1. The van der Waals surface area contributed by atoms with Gasteiger partial charge in [-0.15, -0.1) is 0 Å². The third kappa shape index (κ3) is 5.28. The third-order valence-electron chi connectivity index (χ3n) is 5.83. The topological polar surface area (TPSA) is 54.2 Å². The molecule has 5 nitrogen and oxygen atoms in total. The van der Waals surface area contributed by atoms with Crippen LogP contribution < -0.4 is 10.6 Å². The second-order valence-electron chi connectivity index (χ2n) is 8.51. The van der Waals surface area contributed by atoms with E-state index in [1.54, 1.807) is 6.20 Å². The van der Waals surface area contributed by atoms with E-state index in [1.807, 2.05) is 34.8 Å². The third-order valence-corrected chi connectivity index (χ3v) is 6.39. The molecule has 2 N–H and O–H groups in total. The van der Waals surface area contributed by atoms with E-state index in [1.165, 1.54) is 11.1 Å². The van der Waals surface area contributed by atoms with Crippen molar-refractivity contribution in [2.24, 2.45) is 0 Å². The van der Waals surface area contributed by atoms with Crippen molar-refractivity contribution in [3.05, 3.63) is 125 Å². The molecule has 2 aromatic heterocycles. The maximum atomic E-state index is 4.86. The predicted molar refractivity (Wildman–Crippen MR) is 148 cm³/mol. The summed E-state index contributed by atoms with van der Waals surface area (Å²) in [7, 11) is 0. The highest BCUT2D eigenvalue weighted by atomic mass is 79.9. The molecule has 0 saturated carbocycles. The molecule has 0 aliphatic heterocycles. The Hall–Kier alpha value is -3.90. The van der Waals surface area contributed by atoms with E-state index < -0.39 is 0 Å². The Balaban J connectivity index is 1.35. The summed E-state index contributed by atoms with van der Waals surface area (Å²) in [6.07, 6.45) is 2.56. The zero-order chi connectivity index (χ0) is 24.2. The van der Waals surface area contributed by atoms with Crippen LogP contribution in [0.15, 0.2) is 108 Å². The summed E-state index contributed by atoms with van der Waals surface area (Å²) < 4.78 is 2.69. The van der Waals surface area contributed by atoms with Crippen molar-refractivity contribution < 1.29 is 0 Å². The number of anilines is 2. The summed E-state index contributed by atoms with van der Waals surface area (Å²) >= 11 is 3.59. The summed E-state index contributed by atoms with van der Waals surface area (Å²) in [4.78, 5) is 4.86. The minimum atomic E-state index is 0.643. The van der Waals surface area contributed by atoms with Crippen LogP contribution in [0.5, 0.6) is 0 Å². The van der Waals surface area contributed by atoms with Crippen molar-refractivity contribution in [3.8, 4) is 11.3 Å². The van der Waals surface area contributed by atoms with Gasteiger partial charge in [0.25, 0.3) is 0 Å². The molecule has 0 unspecified atom stereocenters. The fraction of sp³-hybridized carbons (Fsp3) is 0.103. The molecule has 6 heteroatoms. The predicted octanol–water partition coefficient (Wildman–Crippen LogP) is 7.25. The number of allylic oxidation sites excluding steroid dienone is 1. The van der Waals surface area contributed by atoms with Gasteiger partial charge in [0, 0.05) is 36.0 Å². The van der Waals surface area contributed by atoms with Gasteiger partial charge < -0.3 is 10.6 Å². The van der Waals surface area contributed by atoms with Crippen LogP contribution >= 0.6 is 15.9 Å². The van der Waals surface area contributed by atoms with Gasteiger partial charge in [-0.2, -0.15) is 9.61 Å². The molecular weight excluding hydrogens is 498 g/mol. The van der Waals surface area contributed by atoms with Crippen LogP contribution in [-0.2, 0) is 13.0 Å². The first-order valence-corrected chi connectivity index (χ1v) is 12.3. The van der Waals surface area contributed by atoms with E-state index in [9.17, 15) is 0 Å². The summed E-state index contributed by atoms with van der Waals surface area (Å²) in [5.74, 6) is 0.880. The molecule has 174 valence electrons. The van der Waals surface area contributed by atoms with Gasteiger partial charge in [0.2, 0.25) is 0 Å². The first kappa shape index (κ1) is 22.9. The molecule has 0 atom stereocenters. The van der Waals surface area contributed by atoms with Gasteiger partial charge in [-0.05, 0) is 51.7 Å². The van der Waals surface area contributed by atoms with Crippen LogP contribution in [-0.4, -0.2) is 14.6 Å². The minimum absolute atomic E-state index is 0.643. The van der Waals surface area contributed by atoms with Crippen LogP contribution in [0.25, 0.3) is 16.9 Å². The van der Waals surface area contributed by atoms with Crippen LogP contribution in [0.3, 0.4) is 0 Å². The number of halogens is 1. The van der Waals surface area contributed by atoms with Crippen LogP contribution in [0.4, 0.5) is 11.5 Å². The van der Waals surface area contributed by atoms with Gasteiger partial charge in [-0.1, -0.05) is 73.3 Å². The molecule has 0 spiro atoms. The molecule has 0 saturated heterocycles. The lowest BCUT2D eigenvalue weighted by molar-refractivity contribution is 0.926. The first-order chi connectivity index (χ1) is 17.1. The normalized spacial score (nSPS) is 10.9. The van der Waals surface area contributed by atoms with Crippen molar-refractivity contribution in [1.82, 2.24) is 14.6 Å². The van der Waals surface area contributed by atoms with Crippen LogP contribution in [0, 0.1) is 6.92 Å². The number of benzene rings is 3. The number of fused-ring (bicyclic) bond motifs is 1. The Kier molecular flexibility index (Phi) is 6.64. The maximum absolute atomic E-state index is 4.86. The fourth-order valence-electron chi connectivity index (χ4n) is 4.10. The molecule has 3 aromatic carbocycles. The molecule has 5 rings (SSSR count). The molecule has 5 aromatic rings. The van der Waals surface area contributed by atoms with E-state index in [2.05, 4.69) is 99.8 Å². The lowest BCUT2D eigenvalue weighted by Gasteiger charge is -2.14. The molecular formula is C29H26BrN5. The lowest BCUT2D eigenvalue weighted by atomic mass is 10.1. The monoisotopic (exact) mass is 523 g/mol. The molecule has 0 aliphatic carbocycles. The Bertz CT molecular complexity index is 1490. The molecule has 0 amide bonds. The zero-order valence-electron chi connectivity index (χ0n) is 19.5. The second kappa shape index (κ2) is 10.2. The van der Waals surface area contributed by atoms with Crippen molar-refractivity contribution in [1.29, 1.82) is 0 Å².